The summed E-state index contributed by atoms with van der Waals surface area (Å²) in [5, 5.41) is 9.69. The molecule has 3 rings (SSSR count). The predicted octanol–water partition coefficient (Wildman–Crippen LogP) is 0.970. The van der Waals surface area contributed by atoms with Gasteiger partial charge in [0.1, 0.15) is 5.82 Å². The Labute approximate surface area is 132 Å². The number of hydrogen-bond acceptors (Lipinski definition) is 6. The van der Waals surface area contributed by atoms with Crippen LogP contribution in [0.3, 0.4) is 0 Å². The summed E-state index contributed by atoms with van der Waals surface area (Å²) in [6.07, 6.45) is 4.82. The fourth-order valence-corrected chi connectivity index (χ4v) is 3.33. The maximum atomic E-state index is 9.69. The Hall–Kier alpha value is -1.40. The molecule has 3 heterocycles. The molecule has 0 aromatic carbocycles. The first-order valence-electron chi connectivity index (χ1n) is 8.49. The van der Waals surface area contributed by atoms with Crippen LogP contribution in [0.4, 0.5) is 11.8 Å². The van der Waals surface area contributed by atoms with Crippen LogP contribution in [-0.2, 0) is 0 Å². The van der Waals surface area contributed by atoms with E-state index in [0.717, 1.165) is 50.8 Å². The molecule has 122 valence electrons. The third-order valence-electron chi connectivity index (χ3n) is 4.53. The van der Waals surface area contributed by atoms with Crippen molar-refractivity contribution >= 4 is 11.8 Å². The minimum absolute atomic E-state index is 0.223. The lowest BCUT2D eigenvalue weighted by Crippen LogP contribution is -2.32. The number of aliphatic hydroxyl groups is 1. The number of β-amino-alcohol motifs (C(OH)–C–C–N with tert-alkyl or cyclic N) is 1. The second kappa shape index (κ2) is 7.24. The molecular weight excluding hydrogens is 278 g/mol. The fourth-order valence-electron chi connectivity index (χ4n) is 3.33. The number of aromatic nitrogens is 2. The zero-order chi connectivity index (χ0) is 15.4. The molecule has 2 fully saturated rings. The highest BCUT2D eigenvalue weighted by Gasteiger charge is 2.23. The molecule has 0 radical (unpaired) electrons. The summed E-state index contributed by atoms with van der Waals surface area (Å²) in [6, 6.07) is 1.95. The Kier molecular flexibility index (Phi) is 5.10. The van der Waals surface area contributed by atoms with Crippen LogP contribution < -0.4 is 9.80 Å². The molecule has 1 aromatic heterocycles. The van der Waals surface area contributed by atoms with Crippen LogP contribution in [0.5, 0.6) is 0 Å². The van der Waals surface area contributed by atoms with Gasteiger partial charge in [0.15, 0.2) is 0 Å². The molecule has 2 aliphatic rings. The van der Waals surface area contributed by atoms with E-state index in [4.69, 9.17) is 4.98 Å². The van der Waals surface area contributed by atoms with Crippen LogP contribution in [0.1, 0.15) is 26.2 Å². The van der Waals surface area contributed by atoms with Crippen molar-refractivity contribution in [3.8, 4) is 0 Å². The van der Waals surface area contributed by atoms with Crippen LogP contribution in [0.2, 0.25) is 0 Å². The van der Waals surface area contributed by atoms with Crippen LogP contribution in [-0.4, -0.2) is 71.9 Å². The zero-order valence-electron chi connectivity index (χ0n) is 13.5. The normalized spacial score (nSPS) is 23.8. The van der Waals surface area contributed by atoms with E-state index in [2.05, 4.69) is 26.6 Å². The molecular formula is C16H27N5O. The average molecular weight is 305 g/mol. The maximum absolute atomic E-state index is 9.69. The number of aliphatic hydroxyl groups excluding tert-OH is 1. The molecule has 0 aliphatic carbocycles. The number of anilines is 2. The molecule has 6 heteroatoms. The monoisotopic (exact) mass is 305 g/mol. The number of hydrogen-bond donors (Lipinski definition) is 1. The smallest absolute Gasteiger partial charge is 0.227 e. The maximum Gasteiger partial charge on any atom is 0.227 e. The molecule has 22 heavy (non-hydrogen) atoms. The molecule has 0 amide bonds. The van der Waals surface area contributed by atoms with Gasteiger partial charge in [-0.1, -0.05) is 6.92 Å². The van der Waals surface area contributed by atoms with Gasteiger partial charge in [-0.2, -0.15) is 4.98 Å². The number of nitrogens with zero attached hydrogens (tertiary/aromatic N) is 5. The minimum atomic E-state index is -0.223. The van der Waals surface area contributed by atoms with Crippen molar-refractivity contribution in [2.24, 2.45) is 0 Å². The quantitative estimate of drug-likeness (QED) is 0.894. The van der Waals surface area contributed by atoms with Gasteiger partial charge in [0.25, 0.3) is 0 Å². The molecule has 1 unspecified atom stereocenters. The van der Waals surface area contributed by atoms with E-state index in [-0.39, 0.29) is 6.10 Å². The van der Waals surface area contributed by atoms with Gasteiger partial charge in [0.05, 0.1) is 6.10 Å². The first kappa shape index (κ1) is 15.5. The fraction of sp³-hybridized carbons (Fsp3) is 0.750. The predicted molar refractivity (Wildman–Crippen MR) is 88.4 cm³/mol. The van der Waals surface area contributed by atoms with Gasteiger partial charge in [-0.25, -0.2) is 4.98 Å². The molecule has 1 aromatic rings. The van der Waals surface area contributed by atoms with Gasteiger partial charge in [-0.05, 0) is 38.4 Å². The highest BCUT2D eigenvalue weighted by atomic mass is 16.3. The summed E-state index contributed by atoms with van der Waals surface area (Å²) in [4.78, 5) is 16.2. The molecule has 2 aliphatic heterocycles. The van der Waals surface area contributed by atoms with E-state index in [0.29, 0.717) is 6.54 Å². The van der Waals surface area contributed by atoms with Crippen LogP contribution in [0, 0.1) is 0 Å². The van der Waals surface area contributed by atoms with Gasteiger partial charge < -0.3 is 19.8 Å². The number of rotatable bonds is 4. The second-order valence-electron chi connectivity index (χ2n) is 6.29. The topological polar surface area (TPSA) is 55.7 Å². The third kappa shape index (κ3) is 3.67. The second-order valence-corrected chi connectivity index (χ2v) is 6.29. The summed E-state index contributed by atoms with van der Waals surface area (Å²) < 4.78 is 0. The molecule has 6 nitrogen and oxygen atoms in total. The Morgan fingerprint density at radius 2 is 2.09 bits per heavy atom. The van der Waals surface area contributed by atoms with Gasteiger partial charge in [0, 0.05) is 38.9 Å². The van der Waals surface area contributed by atoms with Gasteiger partial charge >= 0.3 is 0 Å². The van der Waals surface area contributed by atoms with Crippen LogP contribution in [0.15, 0.2) is 12.3 Å². The van der Waals surface area contributed by atoms with Gasteiger partial charge in [-0.3, -0.25) is 0 Å². The minimum Gasteiger partial charge on any atom is -0.391 e. The van der Waals surface area contributed by atoms with Crippen LogP contribution in [0.25, 0.3) is 0 Å². The van der Waals surface area contributed by atoms with E-state index in [1.807, 2.05) is 12.3 Å². The third-order valence-corrected chi connectivity index (χ3v) is 4.53. The summed E-state index contributed by atoms with van der Waals surface area (Å²) in [7, 11) is 0. The average Bonchev–Trinajstić information content (AvgIpc) is 2.83. The van der Waals surface area contributed by atoms with Gasteiger partial charge in [-0.15, -0.1) is 0 Å². The molecule has 0 bridgehead atoms. The lowest BCUT2D eigenvalue weighted by Gasteiger charge is -2.23. The summed E-state index contributed by atoms with van der Waals surface area (Å²) >= 11 is 0. The van der Waals surface area contributed by atoms with E-state index in [1.54, 1.807) is 0 Å². The molecule has 2 saturated heterocycles. The summed E-state index contributed by atoms with van der Waals surface area (Å²) in [6.45, 7) is 9.24. The van der Waals surface area contributed by atoms with E-state index >= 15 is 0 Å². The molecule has 1 atom stereocenters. The lowest BCUT2D eigenvalue weighted by atomic mass is 10.3. The molecule has 1 N–H and O–H groups in total. The zero-order valence-corrected chi connectivity index (χ0v) is 13.5. The van der Waals surface area contributed by atoms with E-state index < -0.39 is 0 Å². The van der Waals surface area contributed by atoms with Crippen molar-refractivity contribution in [2.45, 2.75) is 32.3 Å². The Morgan fingerprint density at radius 1 is 1.18 bits per heavy atom. The standard InChI is InChI=1S/C16H27N5O/c1-2-7-19-8-3-9-20(12-11-19)16-17-6-4-15(18-16)21-10-5-14(22)13-21/h4,6,14,22H,2-3,5,7-13H2,1H3. The highest BCUT2D eigenvalue weighted by molar-refractivity contribution is 5.44. The molecule has 0 saturated carbocycles. The summed E-state index contributed by atoms with van der Waals surface area (Å²) in [5.74, 6) is 1.77. The van der Waals surface area contributed by atoms with Crippen LogP contribution >= 0.6 is 0 Å². The SMILES string of the molecule is CCCN1CCCN(c2nccc(N3CCC(O)C3)n2)CC1. The van der Waals surface area contributed by atoms with E-state index in [9.17, 15) is 5.11 Å². The molecule has 0 spiro atoms. The van der Waals surface area contributed by atoms with Gasteiger partial charge in [0.2, 0.25) is 5.95 Å². The Bertz CT molecular complexity index is 483. The van der Waals surface area contributed by atoms with E-state index in [1.165, 1.54) is 19.5 Å². The lowest BCUT2D eigenvalue weighted by molar-refractivity contribution is 0.198. The van der Waals surface area contributed by atoms with Crippen molar-refractivity contribution in [3.05, 3.63) is 12.3 Å². The van der Waals surface area contributed by atoms with Crippen molar-refractivity contribution in [2.75, 3.05) is 55.6 Å². The Balaban J connectivity index is 1.66. The van der Waals surface area contributed by atoms with Crippen molar-refractivity contribution in [1.29, 1.82) is 0 Å². The van der Waals surface area contributed by atoms with Crippen molar-refractivity contribution in [1.82, 2.24) is 14.9 Å². The summed E-state index contributed by atoms with van der Waals surface area (Å²) in [5.41, 5.74) is 0. The highest BCUT2D eigenvalue weighted by Crippen LogP contribution is 2.20. The Morgan fingerprint density at radius 3 is 2.86 bits per heavy atom. The van der Waals surface area contributed by atoms with Crippen molar-refractivity contribution in [3.63, 3.8) is 0 Å². The van der Waals surface area contributed by atoms with Crippen molar-refractivity contribution < 1.29 is 5.11 Å². The first-order chi connectivity index (χ1) is 10.8. The largest absolute Gasteiger partial charge is 0.391 e. The first-order valence-corrected chi connectivity index (χ1v) is 8.49.